The highest BCUT2D eigenvalue weighted by Crippen LogP contribution is 2.24. The maximum absolute atomic E-state index is 13.0. The molecule has 0 aliphatic carbocycles. The van der Waals surface area contributed by atoms with Gasteiger partial charge in [-0.2, -0.15) is 0 Å². The van der Waals surface area contributed by atoms with Crippen LogP contribution in [0.1, 0.15) is 22.5 Å². The Morgan fingerprint density at radius 2 is 1.61 bits per heavy atom. The van der Waals surface area contributed by atoms with E-state index in [-0.39, 0.29) is 10.5 Å². The van der Waals surface area contributed by atoms with Crippen LogP contribution in [0.2, 0.25) is 0 Å². The predicted octanol–water partition coefficient (Wildman–Crippen LogP) is 4.42. The normalized spacial score (nSPS) is 11.6. The summed E-state index contributed by atoms with van der Waals surface area (Å²) in [5.74, 6) is 0.562. The monoisotopic (exact) mass is 433 g/mol. The van der Waals surface area contributed by atoms with Crippen molar-refractivity contribution in [3.63, 3.8) is 0 Å². The van der Waals surface area contributed by atoms with E-state index in [4.69, 9.17) is 0 Å². The molecular formula is C24H23N3O3S. The molecular weight excluding hydrogens is 410 g/mol. The topological polar surface area (TPSA) is 81.1 Å². The Labute approximate surface area is 181 Å². The van der Waals surface area contributed by atoms with Crippen molar-refractivity contribution in [3.05, 3.63) is 93.5 Å². The average Bonchev–Trinajstić information content (AvgIpc) is 2.69. The average molecular weight is 434 g/mol. The lowest BCUT2D eigenvalue weighted by Crippen LogP contribution is -2.22. The minimum Gasteiger partial charge on any atom is -0.279 e. The van der Waals surface area contributed by atoms with Crippen LogP contribution in [0.4, 0.5) is 5.69 Å². The molecule has 0 radical (unpaired) electrons. The van der Waals surface area contributed by atoms with Crippen LogP contribution in [0.25, 0.3) is 16.6 Å². The summed E-state index contributed by atoms with van der Waals surface area (Å²) in [5, 5.41) is 0.533. The minimum atomic E-state index is -3.74. The highest BCUT2D eigenvalue weighted by atomic mass is 32.2. The molecule has 0 aliphatic heterocycles. The van der Waals surface area contributed by atoms with E-state index in [1.807, 2.05) is 25.1 Å². The number of nitrogens with one attached hydrogen (secondary N) is 1. The molecule has 0 spiro atoms. The van der Waals surface area contributed by atoms with Gasteiger partial charge in [0.25, 0.3) is 15.6 Å². The van der Waals surface area contributed by atoms with Crippen LogP contribution in [0, 0.1) is 27.7 Å². The summed E-state index contributed by atoms with van der Waals surface area (Å²) in [4.78, 5) is 17.8. The van der Waals surface area contributed by atoms with E-state index in [9.17, 15) is 13.2 Å². The zero-order chi connectivity index (χ0) is 22.3. The highest BCUT2D eigenvalue weighted by Gasteiger charge is 2.18. The molecule has 7 heteroatoms. The van der Waals surface area contributed by atoms with E-state index in [1.54, 1.807) is 63.2 Å². The maximum atomic E-state index is 13.0. The van der Waals surface area contributed by atoms with Crippen LogP contribution in [-0.4, -0.2) is 18.0 Å². The van der Waals surface area contributed by atoms with Crippen molar-refractivity contribution in [1.82, 2.24) is 9.55 Å². The number of para-hydroxylation sites is 1. The first-order valence-corrected chi connectivity index (χ1v) is 11.4. The van der Waals surface area contributed by atoms with E-state index in [1.165, 1.54) is 4.57 Å². The second-order valence-corrected chi connectivity index (χ2v) is 9.34. The summed E-state index contributed by atoms with van der Waals surface area (Å²) >= 11 is 0. The smallest absolute Gasteiger partial charge is 0.265 e. The first-order chi connectivity index (χ1) is 14.7. The molecule has 0 aliphatic rings. The lowest BCUT2D eigenvalue weighted by atomic mass is 10.1. The third kappa shape index (κ3) is 3.84. The van der Waals surface area contributed by atoms with Gasteiger partial charge in [-0.15, -0.1) is 0 Å². The van der Waals surface area contributed by atoms with E-state index in [0.29, 0.717) is 39.2 Å². The van der Waals surface area contributed by atoms with Crippen molar-refractivity contribution in [1.29, 1.82) is 0 Å². The molecule has 4 rings (SSSR count). The molecule has 31 heavy (non-hydrogen) atoms. The van der Waals surface area contributed by atoms with Gasteiger partial charge in [0.05, 0.1) is 27.2 Å². The molecule has 4 aromatic rings. The summed E-state index contributed by atoms with van der Waals surface area (Å²) in [7, 11) is -3.74. The Kier molecular flexibility index (Phi) is 5.15. The Morgan fingerprint density at radius 1 is 0.871 bits per heavy atom. The summed E-state index contributed by atoms with van der Waals surface area (Å²) < 4.78 is 30.0. The Bertz CT molecular complexity index is 1490. The molecule has 158 valence electrons. The summed E-state index contributed by atoms with van der Waals surface area (Å²) in [6.07, 6.45) is 0. The maximum Gasteiger partial charge on any atom is 0.265 e. The molecule has 0 amide bonds. The zero-order valence-corrected chi connectivity index (χ0v) is 18.6. The Balaban J connectivity index is 1.74. The number of benzene rings is 3. The lowest BCUT2D eigenvalue weighted by Gasteiger charge is -2.15. The first-order valence-electron chi connectivity index (χ1n) is 9.87. The molecule has 0 atom stereocenters. The van der Waals surface area contributed by atoms with Crippen LogP contribution < -0.4 is 10.3 Å². The quantitative estimate of drug-likeness (QED) is 0.517. The van der Waals surface area contributed by atoms with Gasteiger partial charge in [-0.3, -0.25) is 14.1 Å². The van der Waals surface area contributed by atoms with Crippen molar-refractivity contribution >= 4 is 26.6 Å². The van der Waals surface area contributed by atoms with Crippen LogP contribution in [-0.2, 0) is 10.0 Å². The molecule has 0 unspecified atom stereocenters. The van der Waals surface area contributed by atoms with Crippen molar-refractivity contribution in [3.8, 4) is 5.69 Å². The van der Waals surface area contributed by atoms with Crippen LogP contribution in [0.15, 0.2) is 70.4 Å². The van der Waals surface area contributed by atoms with Gasteiger partial charge in [0.2, 0.25) is 0 Å². The first kappa shape index (κ1) is 20.8. The summed E-state index contributed by atoms with van der Waals surface area (Å²) in [6.45, 7) is 7.28. The van der Waals surface area contributed by atoms with Gasteiger partial charge >= 0.3 is 0 Å². The number of aryl methyl sites for hydroxylation is 4. The predicted molar refractivity (Wildman–Crippen MR) is 124 cm³/mol. The zero-order valence-electron chi connectivity index (χ0n) is 17.8. The van der Waals surface area contributed by atoms with Gasteiger partial charge in [-0.25, -0.2) is 13.4 Å². The minimum absolute atomic E-state index is 0.161. The number of hydrogen-bond acceptors (Lipinski definition) is 4. The standard InChI is InChI=1S/C24H23N3O3S/c1-15-9-12-23(17(3)13-15)31(29,30)26-21-11-10-19(14-16(21)2)27-18(4)25-22-8-6-5-7-20(22)24(27)28/h5-14,26H,1-4H3. The Morgan fingerprint density at radius 3 is 2.32 bits per heavy atom. The number of sulfonamides is 1. The molecule has 1 heterocycles. The second kappa shape index (κ2) is 7.67. The van der Waals surface area contributed by atoms with Gasteiger partial charge in [-0.05, 0) is 75.2 Å². The van der Waals surface area contributed by atoms with Crippen molar-refractivity contribution in [2.75, 3.05) is 4.72 Å². The fourth-order valence-electron chi connectivity index (χ4n) is 3.75. The number of hydrogen-bond donors (Lipinski definition) is 1. The molecule has 3 aromatic carbocycles. The number of rotatable bonds is 4. The van der Waals surface area contributed by atoms with Crippen molar-refractivity contribution in [2.45, 2.75) is 32.6 Å². The number of anilines is 1. The van der Waals surface area contributed by atoms with Gasteiger partial charge in [0.15, 0.2) is 0 Å². The molecule has 1 N–H and O–H groups in total. The molecule has 1 aromatic heterocycles. The fourth-order valence-corrected chi connectivity index (χ4v) is 5.11. The van der Waals surface area contributed by atoms with Crippen LogP contribution in [0.3, 0.4) is 0 Å². The van der Waals surface area contributed by atoms with Crippen molar-refractivity contribution in [2.24, 2.45) is 0 Å². The van der Waals surface area contributed by atoms with Gasteiger partial charge in [0.1, 0.15) is 5.82 Å². The van der Waals surface area contributed by atoms with Crippen molar-refractivity contribution < 1.29 is 8.42 Å². The molecule has 0 saturated carbocycles. The summed E-state index contributed by atoms with van der Waals surface area (Å²) in [6, 6.07) is 17.6. The highest BCUT2D eigenvalue weighted by molar-refractivity contribution is 7.92. The van der Waals surface area contributed by atoms with Crippen LogP contribution in [0.5, 0.6) is 0 Å². The largest absolute Gasteiger partial charge is 0.279 e. The second-order valence-electron chi connectivity index (χ2n) is 7.69. The summed E-state index contributed by atoms with van der Waals surface area (Å²) in [5.41, 5.74) is 3.97. The van der Waals surface area contributed by atoms with E-state index < -0.39 is 10.0 Å². The molecule has 0 saturated heterocycles. The number of aromatic nitrogens is 2. The molecule has 0 bridgehead atoms. The third-order valence-corrected chi connectivity index (χ3v) is 6.80. The third-order valence-electron chi connectivity index (χ3n) is 5.28. The number of nitrogens with zero attached hydrogens (tertiary/aromatic N) is 2. The van der Waals surface area contributed by atoms with E-state index >= 15 is 0 Å². The SMILES string of the molecule is Cc1ccc(S(=O)(=O)Nc2ccc(-n3c(C)nc4ccccc4c3=O)cc2C)c(C)c1. The fraction of sp³-hybridized carbons (Fsp3) is 0.167. The van der Waals surface area contributed by atoms with Gasteiger partial charge in [-0.1, -0.05) is 29.8 Å². The Hall–Kier alpha value is -3.45. The molecule has 6 nitrogen and oxygen atoms in total. The van der Waals surface area contributed by atoms with E-state index in [2.05, 4.69) is 9.71 Å². The van der Waals surface area contributed by atoms with Gasteiger partial charge in [0, 0.05) is 0 Å². The van der Waals surface area contributed by atoms with E-state index in [0.717, 1.165) is 5.56 Å². The number of fused-ring (bicyclic) bond motifs is 1. The van der Waals surface area contributed by atoms with Gasteiger partial charge < -0.3 is 0 Å². The lowest BCUT2D eigenvalue weighted by molar-refractivity contribution is 0.600. The molecule has 0 fully saturated rings. The van der Waals surface area contributed by atoms with Crippen LogP contribution >= 0.6 is 0 Å².